The number of rotatable bonds is 3. The number of nitrogens with zero attached hydrogens (tertiary/aromatic N) is 3. The fraction of sp³-hybridized carbons (Fsp3) is 0.0588. The van der Waals surface area contributed by atoms with Crippen molar-refractivity contribution >= 4 is 23.2 Å². The zero-order valence-electron chi connectivity index (χ0n) is 12.0. The van der Waals surface area contributed by atoms with Gasteiger partial charge < -0.3 is 0 Å². The Hall–Kier alpha value is -2.86. The van der Waals surface area contributed by atoms with E-state index in [0.717, 1.165) is 10.6 Å². The van der Waals surface area contributed by atoms with Crippen LogP contribution in [0.1, 0.15) is 26.4 Å². The molecule has 1 aromatic carbocycles. The lowest BCUT2D eigenvalue weighted by molar-refractivity contribution is 0.0640. The average Bonchev–Trinajstić information content (AvgIpc) is 3.16. The third-order valence-corrected chi connectivity index (χ3v) is 4.60. The lowest BCUT2D eigenvalue weighted by Crippen LogP contribution is -2.29. The van der Waals surface area contributed by atoms with Gasteiger partial charge in [-0.15, -0.1) is 11.3 Å². The molecule has 5 nitrogen and oxygen atoms in total. The summed E-state index contributed by atoms with van der Waals surface area (Å²) in [7, 11) is 0. The van der Waals surface area contributed by atoms with Gasteiger partial charge in [0.05, 0.1) is 23.4 Å². The van der Waals surface area contributed by atoms with Crippen LogP contribution in [0.15, 0.2) is 54.2 Å². The Morgan fingerprint density at radius 2 is 1.74 bits per heavy atom. The number of fused-ring (bicyclic) bond motifs is 1. The van der Waals surface area contributed by atoms with Crippen molar-refractivity contribution in [1.29, 1.82) is 0 Å². The van der Waals surface area contributed by atoms with Gasteiger partial charge in [-0.2, -0.15) is 0 Å². The molecular weight excluding hydrogens is 310 g/mol. The van der Waals surface area contributed by atoms with Crippen molar-refractivity contribution in [2.24, 2.45) is 0 Å². The van der Waals surface area contributed by atoms with Gasteiger partial charge >= 0.3 is 0 Å². The van der Waals surface area contributed by atoms with Crippen LogP contribution in [0.4, 0.5) is 0 Å². The van der Waals surface area contributed by atoms with Gasteiger partial charge in [0.25, 0.3) is 11.8 Å². The van der Waals surface area contributed by atoms with E-state index in [1.54, 1.807) is 36.7 Å². The van der Waals surface area contributed by atoms with E-state index in [4.69, 9.17) is 0 Å². The number of thiazole rings is 1. The first kappa shape index (κ1) is 13.8. The summed E-state index contributed by atoms with van der Waals surface area (Å²) in [6.07, 6.45) is 3.45. The Kier molecular flexibility index (Phi) is 3.24. The Bertz CT molecular complexity index is 870. The van der Waals surface area contributed by atoms with E-state index < -0.39 is 0 Å². The number of hydrogen-bond acceptors (Lipinski definition) is 5. The molecule has 0 bridgehead atoms. The second-order valence-electron chi connectivity index (χ2n) is 5.13. The zero-order chi connectivity index (χ0) is 15.8. The van der Waals surface area contributed by atoms with E-state index in [-0.39, 0.29) is 18.4 Å². The van der Waals surface area contributed by atoms with Crippen molar-refractivity contribution in [2.75, 3.05) is 0 Å². The maximum Gasteiger partial charge on any atom is 0.261 e. The average molecular weight is 321 g/mol. The molecule has 0 saturated heterocycles. The van der Waals surface area contributed by atoms with Crippen LogP contribution in [0.3, 0.4) is 0 Å². The summed E-state index contributed by atoms with van der Waals surface area (Å²) >= 11 is 1.47. The van der Waals surface area contributed by atoms with Gasteiger partial charge in [0.2, 0.25) is 0 Å². The SMILES string of the molecule is O=C1c2ccccc2C(=O)N1Cc1csc(-c2cccnc2)n1. The minimum atomic E-state index is -0.262. The Labute approximate surface area is 136 Å². The molecule has 112 valence electrons. The van der Waals surface area contributed by atoms with Gasteiger partial charge in [0.1, 0.15) is 5.01 Å². The normalized spacial score (nSPS) is 13.5. The molecule has 0 saturated carbocycles. The molecule has 0 spiro atoms. The van der Waals surface area contributed by atoms with Crippen molar-refractivity contribution in [3.63, 3.8) is 0 Å². The van der Waals surface area contributed by atoms with Crippen molar-refractivity contribution in [3.05, 3.63) is 71.0 Å². The molecule has 2 aromatic heterocycles. The van der Waals surface area contributed by atoms with Crippen molar-refractivity contribution in [1.82, 2.24) is 14.9 Å². The van der Waals surface area contributed by atoms with E-state index in [9.17, 15) is 9.59 Å². The lowest BCUT2D eigenvalue weighted by atomic mass is 10.1. The minimum Gasteiger partial charge on any atom is -0.269 e. The van der Waals surface area contributed by atoms with Crippen LogP contribution in [0.25, 0.3) is 10.6 Å². The predicted octanol–water partition coefficient (Wildman–Crippen LogP) is 3.00. The van der Waals surface area contributed by atoms with Crippen LogP contribution in [0.2, 0.25) is 0 Å². The van der Waals surface area contributed by atoms with Crippen LogP contribution in [0.5, 0.6) is 0 Å². The summed E-state index contributed by atoms with van der Waals surface area (Å²) in [5, 5.41) is 2.69. The lowest BCUT2D eigenvalue weighted by Gasteiger charge is -2.11. The number of carbonyl (C=O) groups is 2. The molecule has 1 aliphatic heterocycles. The summed E-state index contributed by atoms with van der Waals surface area (Å²) in [6.45, 7) is 0.184. The van der Waals surface area contributed by atoms with E-state index in [0.29, 0.717) is 16.8 Å². The summed E-state index contributed by atoms with van der Waals surface area (Å²) in [5.74, 6) is -0.525. The molecule has 23 heavy (non-hydrogen) atoms. The smallest absolute Gasteiger partial charge is 0.261 e. The number of pyridine rings is 1. The molecule has 2 amide bonds. The maximum atomic E-state index is 12.4. The second-order valence-corrected chi connectivity index (χ2v) is 5.99. The van der Waals surface area contributed by atoms with Crippen molar-refractivity contribution < 1.29 is 9.59 Å². The summed E-state index contributed by atoms with van der Waals surface area (Å²) in [4.78, 5) is 34.5. The van der Waals surface area contributed by atoms with Crippen LogP contribution in [-0.2, 0) is 6.54 Å². The molecule has 6 heteroatoms. The summed E-state index contributed by atoms with van der Waals surface area (Å²) in [5.41, 5.74) is 2.54. The predicted molar refractivity (Wildman–Crippen MR) is 86.0 cm³/mol. The highest BCUT2D eigenvalue weighted by Crippen LogP contribution is 2.27. The number of hydrogen-bond donors (Lipinski definition) is 0. The molecule has 0 radical (unpaired) electrons. The Balaban J connectivity index is 1.60. The van der Waals surface area contributed by atoms with E-state index in [2.05, 4.69) is 9.97 Å². The largest absolute Gasteiger partial charge is 0.269 e. The molecule has 4 rings (SSSR count). The third kappa shape index (κ3) is 2.33. The first-order valence-corrected chi connectivity index (χ1v) is 7.92. The zero-order valence-corrected chi connectivity index (χ0v) is 12.8. The molecular formula is C17H11N3O2S. The van der Waals surface area contributed by atoms with Crippen LogP contribution in [0, 0.1) is 0 Å². The molecule has 3 aromatic rings. The van der Waals surface area contributed by atoms with Crippen molar-refractivity contribution in [2.45, 2.75) is 6.54 Å². The fourth-order valence-corrected chi connectivity index (χ4v) is 3.35. The van der Waals surface area contributed by atoms with Gasteiger partial charge in [-0.05, 0) is 24.3 Å². The molecule has 0 aliphatic carbocycles. The van der Waals surface area contributed by atoms with Gasteiger partial charge in [0.15, 0.2) is 0 Å². The molecule has 0 atom stereocenters. The molecule has 3 heterocycles. The second kappa shape index (κ2) is 5.40. The summed E-state index contributed by atoms with van der Waals surface area (Å²) in [6, 6.07) is 10.7. The molecule has 1 aliphatic rings. The Morgan fingerprint density at radius 3 is 2.39 bits per heavy atom. The first-order chi connectivity index (χ1) is 11.2. The first-order valence-electron chi connectivity index (χ1n) is 7.04. The van der Waals surface area contributed by atoms with Gasteiger partial charge in [-0.25, -0.2) is 4.98 Å². The van der Waals surface area contributed by atoms with E-state index >= 15 is 0 Å². The fourth-order valence-electron chi connectivity index (χ4n) is 2.55. The maximum absolute atomic E-state index is 12.4. The van der Waals surface area contributed by atoms with Crippen molar-refractivity contribution in [3.8, 4) is 10.6 Å². The van der Waals surface area contributed by atoms with Crippen LogP contribution in [-0.4, -0.2) is 26.7 Å². The third-order valence-electron chi connectivity index (χ3n) is 3.66. The van der Waals surface area contributed by atoms with Gasteiger partial charge in [-0.3, -0.25) is 19.5 Å². The highest BCUT2D eigenvalue weighted by Gasteiger charge is 2.35. The number of amides is 2. The van der Waals surface area contributed by atoms with Gasteiger partial charge in [-0.1, -0.05) is 12.1 Å². The topological polar surface area (TPSA) is 63.2 Å². The molecule has 0 N–H and O–H groups in total. The van der Waals surface area contributed by atoms with E-state index in [1.807, 2.05) is 17.5 Å². The van der Waals surface area contributed by atoms with Crippen LogP contribution < -0.4 is 0 Å². The summed E-state index contributed by atoms with van der Waals surface area (Å²) < 4.78 is 0. The van der Waals surface area contributed by atoms with E-state index in [1.165, 1.54) is 16.2 Å². The highest BCUT2D eigenvalue weighted by molar-refractivity contribution is 7.13. The number of aromatic nitrogens is 2. The molecule has 0 unspecified atom stereocenters. The highest BCUT2D eigenvalue weighted by atomic mass is 32.1. The standard InChI is InChI=1S/C17H11N3O2S/c21-16-13-5-1-2-6-14(13)17(22)20(16)9-12-10-23-15(19-12)11-4-3-7-18-8-11/h1-8,10H,9H2. The Morgan fingerprint density at radius 1 is 1.00 bits per heavy atom. The molecule has 0 fully saturated rings. The van der Waals surface area contributed by atoms with Gasteiger partial charge in [0, 0.05) is 23.3 Å². The number of carbonyl (C=O) groups excluding carboxylic acids is 2. The van der Waals surface area contributed by atoms with Crippen LogP contribution >= 0.6 is 11.3 Å². The quantitative estimate of drug-likeness (QED) is 0.696. The number of imide groups is 1. The number of benzene rings is 1. The minimum absolute atomic E-state index is 0.184. The monoisotopic (exact) mass is 321 g/mol.